The SMILES string of the molecule is CCOC1CCN(C(=O)c2cccc(-c3ccc(OC(F)F)cc3)c2)CC1. The molecule has 1 heterocycles. The average Bonchev–Trinajstić information content (AvgIpc) is 2.68. The van der Waals surface area contributed by atoms with E-state index in [0.717, 1.165) is 24.0 Å². The van der Waals surface area contributed by atoms with Crippen LogP contribution in [0.2, 0.25) is 0 Å². The number of piperidine rings is 1. The average molecular weight is 375 g/mol. The minimum absolute atomic E-state index is 0.00412. The molecule has 0 bridgehead atoms. The molecule has 0 unspecified atom stereocenters. The molecule has 1 amide bonds. The maximum absolute atomic E-state index is 12.8. The number of rotatable bonds is 6. The third-order valence-electron chi connectivity index (χ3n) is 4.65. The summed E-state index contributed by atoms with van der Waals surface area (Å²) in [7, 11) is 0. The fraction of sp³-hybridized carbons (Fsp3) is 0.381. The second-order valence-corrected chi connectivity index (χ2v) is 6.43. The fourth-order valence-corrected chi connectivity index (χ4v) is 3.30. The van der Waals surface area contributed by atoms with Gasteiger partial charge in [0, 0.05) is 25.3 Å². The normalized spacial score (nSPS) is 15.2. The first-order valence-electron chi connectivity index (χ1n) is 9.13. The molecule has 144 valence electrons. The molecule has 0 aromatic heterocycles. The lowest BCUT2D eigenvalue weighted by Crippen LogP contribution is -2.40. The third kappa shape index (κ3) is 5.04. The zero-order valence-corrected chi connectivity index (χ0v) is 15.2. The zero-order valence-electron chi connectivity index (χ0n) is 15.2. The molecule has 0 radical (unpaired) electrons. The summed E-state index contributed by atoms with van der Waals surface area (Å²) in [5.41, 5.74) is 2.31. The van der Waals surface area contributed by atoms with Crippen LogP contribution in [0.4, 0.5) is 8.78 Å². The Kier molecular flexibility index (Phi) is 6.40. The first-order valence-corrected chi connectivity index (χ1v) is 9.13. The van der Waals surface area contributed by atoms with Gasteiger partial charge >= 0.3 is 6.61 Å². The quantitative estimate of drug-likeness (QED) is 0.741. The van der Waals surface area contributed by atoms with Gasteiger partial charge in [-0.25, -0.2) is 0 Å². The van der Waals surface area contributed by atoms with Gasteiger partial charge in [-0.1, -0.05) is 24.3 Å². The fourth-order valence-electron chi connectivity index (χ4n) is 3.30. The van der Waals surface area contributed by atoms with Crippen molar-refractivity contribution in [1.29, 1.82) is 0 Å². The Labute approximate surface area is 157 Å². The van der Waals surface area contributed by atoms with Crippen molar-refractivity contribution in [3.8, 4) is 16.9 Å². The highest BCUT2D eigenvalue weighted by Gasteiger charge is 2.23. The maximum atomic E-state index is 12.8. The van der Waals surface area contributed by atoms with Crippen LogP contribution in [-0.4, -0.2) is 43.2 Å². The van der Waals surface area contributed by atoms with Gasteiger partial charge in [-0.2, -0.15) is 8.78 Å². The summed E-state index contributed by atoms with van der Waals surface area (Å²) in [5.74, 6) is 0.114. The number of carbonyl (C=O) groups is 1. The minimum Gasteiger partial charge on any atom is -0.435 e. The second-order valence-electron chi connectivity index (χ2n) is 6.43. The number of ether oxygens (including phenoxy) is 2. The number of alkyl halides is 2. The topological polar surface area (TPSA) is 38.8 Å². The molecule has 0 saturated carbocycles. The van der Waals surface area contributed by atoms with Crippen molar-refractivity contribution in [2.75, 3.05) is 19.7 Å². The monoisotopic (exact) mass is 375 g/mol. The van der Waals surface area contributed by atoms with Crippen LogP contribution in [0.25, 0.3) is 11.1 Å². The summed E-state index contributed by atoms with van der Waals surface area (Å²) in [6, 6.07) is 13.8. The van der Waals surface area contributed by atoms with Crippen LogP contribution >= 0.6 is 0 Å². The Bertz CT molecular complexity index is 756. The predicted molar refractivity (Wildman–Crippen MR) is 99.1 cm³/mol. The Morgan fingerprint density at radius 3 is 2.44 bits per heavy atom. The van der Waals surface area contributed by atoms with Gasteiger partial charge in [-0.05, 0) is 55.2 Å². The van der Waals surface area contributed by atoms with Crippen molar-refractivity contribution in [2.24, 2.45) is 0 Å². The van der Waals surface area contributed by atoms with Crippen molar-refractivity contribution >= 4 is 5.91 Å². The lowest BCUT2D eigenvalue weighted by atomic mass is 10.0. The van der Waals surface area contributed by atoms with Crippen LogP contribution in [0.5, 0.6) is 5.75 Å². The first-order chi connectivity index (χ1) is 13.1. The molecule has 4 nitrogen and oxygen atoms in total. The van der Waals surface area contributed by atoms with E-state index in [4.69, 9.17) is 4.74 Å². The van der Waals surface area contributed by atoms with Crippen LogP contribution in [0, 0.1) is 0 Å². The van der Waals surface area contributed by atoms with Crippen molar-refractivity contribution in [1.82, 2.24) is 4.90 Å². The molecule has 27 heavy (non-hydrogen) atoms. The lowest BCUT2D eigenvalue weighted by molar-refractivity contribution is -0.0498. The van der Waals surface area contributed by atoms with Gasteiger partial charge in [0.15, 0.2) is 0 Å². The second kappa shape index (κ2) is 8.95. The standard InChI is InChI=1S/C21H23F2NO3/c1-2-26-18-10-12-24(13-11-18)20(25)17-5-3-4-16(14-17)15-6-8-19(9-7-15)27-21(22)23/h3-9,14,18,21H,2,10-13H2,1H3. The van der Waals surface area contributed by atoms with Gasteiger partial charge in [-0.15, -0.1) is 0 Å². The summed E-state index contributed by atoms with van der Waals surface area (Å²) in [6.45, 7) is 1.21. The summed E-state index contributed by atoms with van der Waals surface area (Å²) in [5, 5.41) is 0. The number of hydrogen-bond donors (Lipinski definition) is 0. The predicted octanol–water partition coefficient (Wildman–Crippen LogP) is 4.60. The number of hydrogen-bond acceptors (Lipinski definition) is 3. The van der Waals surface area contributed by atoms with E-state index < -0.39 is 6.61 Å². The third-order valence-corrected chi connectivity index (χ3v) is 4.65. The maximum Gasteiger partial charge on any atom is 0.387 e. The Hall–Kier alpha value is -2.47. The summed E-state index contributed by atoms with van der Waals surface area (Å²) >= 11 is 0. The van der Waals surface area contributed by atoms with Crippen LogP contribution in [0.15, 0.2) is 48.5 Å². The van der Waals surface area contributed by atoms with E-state index in [0.29, 0.717) is 25.3 Å². The molecular formula is C21H23F2NO3. The Morgan fingerprint density at radius 1 is 1.11 bits per heavy atom. The van der Waals surface area contributed by atoms with Gasteiger partial charge in [0.05, 0.1) is 6.10 Å². The number of amides is 1. The molecule has 1 saturated heterocycles. The molecule has 2 aromatic carbocycles. The molecule has 6 heteroatoms. The van der Waals surface area contributed by atoms with Gasteiger partial charge in [0.25, 0.3) is 5.91 Å². The van der Waals surface area contributed by atoms with Crippen LogP contribution in [0.1, 0.15) is 30.1 Å². The summed E-state index contributed by atoms with van der Waals surface area (Å²) in [4.78, 5) is 14.7. The van der Waals surface area contributed by atoms with Gasteiger partial charge in [-0.3, -0.25) is 4.79 Å². The van der Waals surface area contributed by atoms with Gasteiger partial charge in [0.2, 0.25) is 0 Å². The highest BCUT2D eigenvalue weighted by atomic mass is 19.3. The number of carbonyl (C=O) groups excluding carboxylic acids is 1. The molecule has 0 spiro atoms. The highest BCUT2D eigenvalue weighted by Crippen LogP contribution is 2.25. The summed E-state index contributed by atoms with van der Waals surface area (Å²) < 4.78 is 34.5. The highest BCUT2D eigenvalue weighted by molar-refractivity contribution is 5.95. The van der Waals surface area contributed by atoms with Gasteiger partial charge in [0.1, 0.15) is 5.75 Å². The van der Waals surface area contributed by atoms with E-state index in [1.807, 2.05) is 30.0 Å². The van der Waals surface area contributed by atoms with Crippen molar-refractivity contribution in [2.45, 2.75) is 32.5 Å². The minimum atomic E-state index is -2.84. The van der Waals surface area contributed by atoms with Crippen LogP contribution in [-0.2, 0) is 4.74 Å². The number of likely N-dealkylation sites (tertiary alicyclic amines) is 1. The molecule has 1 fully saturated rings. The smallest absolute Gasteiger partial charge is 0.387 e. The Balaban J connectivity index is 1.69. The molecule has 0 atom stereocenters. The van der Waals surface area contributed by atoms with Crippen molar-refractivity contribution < 1.29 is 23.0 Å². The van der Waals surface area contributed by atoms with E-state index >= 15 is 0 Å². The Morgan fingerprint density at radius 2 is 1.81 bits per heavy atom. The molecular weight excluding hydrogens is 352 g/mol. The van der Waals surface area contributed by atoms with Crippen LogP contribution in [0.3, 0.4) is 0 Å². The molecule has 3 rings (SSSR count). The zero-order chi connectivity index (χ0) is 19.2. The first kappa shape index (κ1) is 19.3. The number of halogens is 2. The molecule has 1 aliphatic heterocycles. The van der Waals surface area contributed by atoms with E-state index in [-0.39, 0.29) is 17.8 Å². The largest absolute Gasteiger partial charge is 0.435 e. The van der Waals surface area contributed by atoms with E-state index in [9.17, 15) is 13.6 Å². The molecule has 1 aliphatic rings. The summed E-state index contributed by atoms with van der Waals surface area (Å²) in [6.07, 6.45) is 1.94. The molecule has 0 aliphatic carbocycles. The van der Waals surface area contributed by atoms with Crippen LogP contribution < -0.4 is 4.74 Å². The molecule has 2 aromatic rings. The molecule has 0 N–H and O–H groups in total. The lowest BCUT2D eigenvalue weighted by Gasteiger charge is -2.31. The van der Waals surface area contributed by atoms with E-state index in [2.05, 4.69) is 4.74 Å². The number of nitrogens with zero attached hydrogens (tertiary/aromatic N) is 1. The van der Waals surface area contributed by atoms with E-state index in [1.165, 1.54) is 12.1 Å². The van der Waals surface area contributed by atoms with E-state index in [1.54, 1.807) is 18.2 Å². The van der Waals surface area contributed by atoms with Gasteiger partial charge < -0.3 is 14.4 Å². The number of benzene rings is 2. The van der Waals surface area contributed by atoms with Crippen molar-refractivity contribution in [3.63, 3.8) is 0 Å². The van der Waals surface area contributed by atoms with Crippen molar-refractivity contribution in [3.05, 3.63) is 54.1 Å².